The van der Waals surface area contributed by atoms with Crippen LogP contribution in [0, 0.1) is 5.82 Å². The average molecular weight is 282 g/mol. The van der Waals surface area contributed by atoms with E-state index in [2.05, 4.69) is 21.9 Å². The number of rotatable bonds is 6. The van der Waals surface area contributed by atoms with E-state index < -0.39 is 5.82 Å². The van der Waals surface area contributed by atoms with Gasteiger partial charge in [0.25, 0.3) is 5.88 Å². The molecule has 0 spiro atoms. The maximum atomic E-state index is 13.3. The molecular formula is C14H23FN4O. The van der Waals surface area contributed by atoms with E-state index in [0.29, 0.717) is 12.0 Å². The van der Waals surface area contributed by atoms with Crippen molar-refractivity contribution >= 4 is 5.95 Å². The van der Waals surface area contributed by atoms with Gasteiger partial charge < -0.3 is 14.5 Å². The molecular weight excluding hydrogens is 259 g/mol. The fourth-order valence-corrected chi connectivity index (χ4v) is 2.61. The number of likely N-dealkylation sites (N-methyl/N-ethyl adjacent to an activating group) is 2. The molecule has 1 saturated carbocycles. The molecule has 0 amide bonds. The Hall–Kier alpha value is -1.43. The van der Waals surface area contributed by atoms with Crippen LogP contribution in [0.1, 0.15) is 25.7 Å². The predicted molar refractivity (Wildman–Crippen MR) is 76.7 cm³/mol. The van der Waals surface area contributed by atoms with E-state index in [0.717, 1.165) is 19.3 Å². The fourth-order valence-electron chi connectivity index (χ4n) is 2.61. The minimum atomic E-state index is -0.535. The van der Waals surface area contributed by atoms with Crippen molar-refractivity contribution in [2.24, 2.45) is 0 Å². The van der Waals surface area contributed by atoms with Gasteiger partial charge in [-0.25, -0.2) is 4.98 Å². The maximum absolute atomic E-state index is 13.3. The van der Waals surface area contributed by atoms with E-state index >= 15 is 0 Å². The Labute approximate surface area is 119 Å². The molecule has 0 N–H and O–H groups in total. The van der Waals surface area contributed by atoms with E-state index in [9.17, 15) is 4.39 Å². The molecule has 1 fully saturated rings. The molecule has 1 aromatic heterocycles. The number of ether oxygens (including phenoxy) is 1. The SMILES string of the molecule is COc1nc(N(C)CCN(C)C2CCCC2)ncc1F. The Balaban J connectivity index is 1.89. The molecule has 0 saturated heterocycles. The van der Waals surface area contributed by atoms with Crippen LogP contribution in [0.2, 0.25) is 0 Å². The molecule has 0 unspecified atom stereocenters. The first-order valence-corrected chi connectivity index (χ1v) is 7.09. The lowest BCUT2D eigenvalue weighted by Crippen LogP contribution is -2.36. The van der Waals surface area contributed by atoms with Crippen LogP contribution in [0.4, 0.5) is 10.3 Å². The van der Waals surface area contributed by atoms with Crippen LogP contribution in [0.5, 0.6) is 5.88 Å². The van der Waals surface area contributed by atoms with Crippen LogP contribution in [-0.4, -0.2) is 55.2 Å². The first-order valence-electron chi connectivity index (χ1n) is 7.09. The summed E-state index contributed by atoms with van der Waals surface area (Å²) < 4.78 is 18.2. The molecule has 0 bridgehead atoms. The molecule has 0 aliphatic heterocycles. The summed E-state index contributed by atoms with van der Waals surface area (Å²) in [6.07, 6.45) is 6.41. The van der Waals surface area contributed by atoms with Crippen molar-refractivity contribution in [2.75, 3.05) is 39.2 Å². The van der Waals surface area contributed by atoms with Gasteiger partial charge in [0.15, 0.2) is 0 Å². The Bertz CT molecular complexity index is 437. The van der Waals surface area contributed by atoms with Gasteiger partial charge >= 0.3 is 0 Å². The molecule has 1 aliphatic rings. The summed E-state index contributed by atoms with van der Waals surface area (Å²) in [4.78, 5) is 12.4. The quantitative estimate of drug-likeness (QED) is 0.797. The van der Waals surface area contributed by atoms with Gasteiger partial charge in [0.2, 0.25) is 11.8 Å². The lowest BCUT2D eigenvalue weighted by molar-refractivity contribution is 0.251. The van der Waals surface area contributed by atoms with Crippen molar-refractivity contribution < 1.29 is 9.13 Å². The minimum absolute atomic E-state index is 0.00834. The minimum Gasteiger partial charge on any atom is -0.479 e. The van der Waals surface area contributed by atoms with Crippen LogP contribution in [0.25, 0.3) is 0 Å². The van der Waals surface area contributed by atoms with Gasteiger partial charge in [-0.15, -0.1) is 0 Å². The van der Waals surface area contributed by atoms with Gasteiger partial charge in [-0.2, -0.15) is 9.37 Å². The topological polar surface area (TPSA) is 41.5 Å². The molecule has 20 heavy (non-hydrogen) atoms. The lowest BCUT2D eigenvalue weighted by atomic mass is 10.2. The highest BCUT2D eigenvalue weighted by Gasteiger charge is 2.19. The van der Waals surface area contributed by atoms with Crippen LogP contribution < -0.4 is 9.64 Å². The molecule has 2 rings (SSSR count). The second kappa shape index (κ2) is 6.83. The van der Waals surface area contributed by atoms with Crippen LogP contribution in [0.3, 0.4) is 0 Å². The van der Waals surface area contributed by atoms with Gasteiger partial charge in [0, 0.05) is 26.2 Å². The Morgan fingerprint density at radius 2 is 2.00 bits per heavy atom. The fraction of sp³-hybridized carbons (Fsp3) is 0.714. The first kappa shape index (κ1) is 15.0. The van der Waals surface area contributed by atoms with Gasteiger partial charge in [0.1, 0.15) is 0 Å². The number of hydrogen-bond donors (Lipinski definition) is 0. The first-order chi connectivity index (χ1) is 9.61. The van der Waals surface area contributed by atoms with E-state index in [1.54, 1.807) is 0 Å². The highest BCUT2D eigenvalue weighted by atomic mass is 19.1. The molecule has 6 heteroatoms. The second-order valence-electron chi connectivity index (χ2n) is 5.37. The monoisotopic (exact) mass is 282 g/mol. The summed E-state index contributed by atoms with van der Waals surface area (Å²) in [5.41, 5.74) is 0. The second-order valence-corrected chi connectivity index (χ2v) is 5.37. The van der Waals surface area contributed by atoms with E-state index in [-0.39, 0.29) is 5.88 Å². The number of hydrogen-bond acceptors (Lipinski definition) is 5. The third-order valence-electron chi connectivity index (χ3n) is 3.97. The van der Waals surface area contributed by atoms with Crippen molar-refractivity contribution in [3.63, 3.8) is 0 Å². The van der Waals surface area contributed by atoms with Crippen molar-refractivity contribution in [1.82, 2.24) is 14.9 Å². The van der Waals surface area contributed by atoms with Crippen molar-refractivity contribution in [1.29, 1.82) is 0 Å². The summed E-state index contributed by atoms with van der Waals surface area (Å²) in [5, 5.41) is 0. The van der Waals surface area contributed by atoms with E-state index in [1.165, 1.54) is 32.8 Å². The van der Waals surface area contributed by atoms with Crippen LogP contribution in [0.15, 0.2) is 6.20 Å². The number of nitrogens with zero attached hydrogens (tertiary/aromatic N) is 4. The van der Waals surface area contributed by atoms with E-state index in [1.807, 2.05) is 11.9 Å². The zero-order valence-electron chi connectivity index (χ0n) is 12.5. The summed E-state index contributed by atoms with van der Waals surface area (Å²) >= 11 is 0. The van der Waals surface area contributed by atoms with E-state index in [4.69, 9.17) is 4.74 Å². The average Bonchev–Trinajstić information content (AvgIpc) is 2.99. The zero-order chi connectivity index (χ0) is 14.5. The molecule has 0 radical (unpaired) electrons. The molecule has 1 heterocycles. The Morgan fingerprint density at radius 1 is 1.30 bits per heavy atom. The highest BCUT2D eigenvalue weighted by molar-refractivity contribution is 5.31. The summed E-state index contributed by atoms with van der Waals surface area (Å²) in [6, 6.07) is 0.701. The predicted octanol–water partition coefficient (Wildman–Crippen LogP) is 1.93. The largest absolute Gasteiger partial charge is 0.479 e. The number of halogens is 1. The van der Waals surface area contributed by atoms with Gasteiger partial charge in [-0.3, -0.25) is 0 Å². The van der Waals surface area contributed by atoms with Gasteiger partial charge in [-0.1, -0.05) is 12.8 Å². The maximum Gasteiger partial charge on any atom is 0.255 e. The summed E-state index contributed by atoms with van der Waals surface area (Å²) in [5.74, 6) is -0.0539. The smallest absolute Gasteiger partial charge is 0.255 e. The van der Waals surface area contributed by atoms with Crippen molar-refractivity contribution in [3.05, 3.63) is 12.0 Å². The third kappa shape index (κ3) is 3.56. The Morgan fingerprint density at radius 3 is 2.65 bits per heavy atom. The van der Waals surface area contributed by atoms with Gasteiger partial charge in [0.05, 0.1) is 13.3 Å². The van der Waals surface area contributed by atoms with Crippen molar-refractivity contribution in [3.8, 4) is 5.88 Å². The molecule has 5 nitrogen and oxygen atoms in total. The zero-order valence-corrected chi connectivity index (χ0v) is 12.5. The molecule has 0 atom stereocenters. The molecule has 0 aromatic carbocycles. The third-order valence-corrected chi connectivity index (χ3v) is 3.97. The van der Waals surface area contributed by atoms with Gasteiger partial charge in [-0.05, 0) is 19.9 Å². The van der Waals surface area contributed by atoms with Crippen LogP contribution >= 0.6 is 0 Å². The molecule has 112 valence electrons. The summed E-state index contributed by atoms with van der Waals surface area (Å²) in [6.45, 7) is 1.76. The molecule has 1 aliphatic carbocycles. The van der Waals surface area contributed by atoms with Crippen LogP contribution in [-0.2, 0) is 0 Å². The lowest BCUT2D eigenvalue weighted by Gasteiger charge is -2.26. The summed E-state index contributed by atoms with van der Waals surface area (Å²) in [7, 11) is 5.48. The normalized spacial score (nSPS) is 15.8. The standard InChI is InChI=1S/C14H23FN4O/c1-18(11-6-4-5-7-11)8-9-19(2)14-16-10-12(15)13(17-14)20-3/h10-11H,4-9H2,1-3H3. The van der Waals surface area contributed by atoms with Crippen molar-refractivity contribution in [2.45, 2.75) is 31.7 Å². The number of anilines is 1. The highest BCUT2D eigenvalue weighted by Crippen LogP contribution is 2.22. The Kier molecular flexibility index (Phi) is 5.11. The number of methoxy groups -OCH3 is 1. The molecule has 1 aromatic rings. The number of aromatic nitrogens is 2.